The van der Waals surface area contributed by atoms with Gasteiger partial charge < -0.3 is 5.32 Å². The Morgan fingerprint density at radius 3 is 2.75 bits per heavy atom. The normalized spacial score (nSPS) is 29.4. The van der Waals surface area contributed by atoms with E-state index in [9.17, 15) is 8.42 Å². The lowest BCUT2D eigenvalue weighted by Crippen LogP contribution is -2.48. The Morgan fingerprint density at radius 2 is 2.05 bits per heavy atom. The van der Waals surface area contributed by atoms with Gasteiger partial charge in [0.25, 0.3) is 10.2 Å². The second-order valence-corrected chi connectivity index (χ2v) is 8.93. The standard InChI is InChI=1S/C13H27N3O2S2/c1-14-9-12-5-4-7-16(11-12)20(17,18)15-10-13-6-2-3-8-19-13/h12-15H,2-11H2,1H3. The molecule has 0 aromatic rings. The van der Waals surface area contributed by atoms with Gasteiger partial charge in [0, 0.05) is 24.9 Å². The molecule has 0 amide bonds. The lowest BCUT2D eigenvalue weighted by Gasteiger charge is -2.32. The Balaban J connectivity index is 1.82. The average Bonchev–Trinajstić information content (AvgIpc) is 2.47. The van der Waals surface area contributed by atoms with Crippen LogP contribution in [0.2, 0.25) is 0 Å². The quantitative estimate of drug-likeness (QED) is 0.767. The molecule has 20 heavy (non-hydrogen) atoms. The van der Waals surface area contributed by atoms with Gasteiger partial charge in [-0.3, -0.25) is 0 Å². The summed E-state index contributed by atoms with van der Waals surface area (Å²) in [5, 5.41) is 3.60. The van der Waals surface area contributed by atoms with Crippen LogP contribution in [0.5, 0.6) is 0 Å². The van der Waals surface area contributed by atoms with E-state index in [2.05, 4.69) is 10.0 Å². The van der Waals surface area contributed by atoms with E-state index in [0.717, 1.165) is 25.8 Å². The summed E-state index contributed by atoms with van der Waals surface area (Å²) < 4.78 is 29.2. The van der Waals surface area contributed by atoms with Crippen molar-refractivity contribution in [2.75, 3.05) is 39.0 Å². The van der Waals surface area contributed by atoms with Crippen molar-refractivity contribution in [2.24, 2.45) is 5.92 Å². The van der Waals surface area contributed by atoms with E-state index in [1.807, 2.05) is 18.8 Å². The van der Waals surface area contributed by atoms with Gasteiger partial charge >= 0.3 is 0 Å². The van der Waals surface area contributed by atoms with E-state index in [1.54, 1.807) is 4.31 Å². The zero-order chi connectivity index (χ0) is 14.4. The topological polar surface area (TPSA) is 61.4 Å². The molecule has 5 nitrogen and oxygen atoms in total. The summed E-state index contributed by atoms with van der Waals surface area (Å²) in [5.74, 6) is 1.61. The molecule has 2 rings (SSSR count). The predicted octanol–water partition coefficient (Wildman–Crippen LogP) is 1.04. The highest BCUT2D eigenvalue weighted by Crippen LogP contribution is 2.25. The summed E-state index contributed by atoms with van der Waals surface area (Å²) in [6.07, 6.45) is 5.71. The van der Waals surface area contributed by atoms with Crippen LogP contribution in [0.25, 0.3) is 0 Å². The van der Waals surface area contributed by atoms with E-state index in [0.29, 0.717) is 30.8 Å². The molecule has 0 bridgehead atoms. The molecule has 2 aliphatic heterocycles. The first kappa shape index (κ1) is 16.5. The lowest BCUT2D eigenvalue weighted by atomic mass is 10.00. The van der Waals surface area contributed by atoms with Crippen LogP contribution in [0.1, 0.15) is 32.1 Å². The van der Waals surface area contributed by atoms with Crippen LogP contribution >= 0.6 is 11.8 Å². The lowest BCUT2D eigenvalue weighted by molar-refractivity contribution is 0.261. The number of piperidine rings is 1. The van der Waals surface area contributed by atoms with Crippen LogP contribution in [-0.4, -0.2) is 57.0 Å². The molecule has 0 spiro atoms. The number of hydrogen-bond acceptors (Lipinski definition) is 4. The molecule has 0 aromatic heterocycles. The van der Waals surface area contributed by atoms with Gasteiger partial charge in [0.15, 0.2) is 0 Å². The highest BCUT2D eigenvalue weighted by atomic mass is 32.2. The fraction of sp³-hybridized carbons (Fsp3) is 1.00. The van der Waals surface area contributed by atoms with Crippen molar-refractivity contribution in [1.82, 2.24) is 14.3 Å². The van der Waals surface area contributed by atoms with E-state index >= 15 is 0 Å². The van der Waals surface area contributed by atoms with E-state index < -0.39 is 10.2 Å². The molecule has 2 unspecified atom stereocenters. The van der Waals surface area contributed by atoms with Crippen molar-refractivity contribution in [1.29, 1.82) is 0 Å². The smallest absolute Gasteiger partial charge is 0.279 e. The molecule has 2 heterocycles. The van der Waals surface area contributed by atoms with Crippen LogP contribution in [0.3, 0.4) is 0 Å². The van der Waals surface area contributed by atoms with Crippen molar-refractivity contribution in [3.05, 3.63) is 0 Å². The summed E-state index contributed by atoms with van der Waals surface area (Å²) in [5.41, 5.74) is 0. The number of nitrogens with zero attached hydrogens (tertiary/aromatic N) is 1. The summed E-state index contributed by atoms with van der Waals surface area (Å²) in [7, 11) is -1.37. The first-order chi connectivity index (χ1) is 9.62. The molecule has 0 aliphatic carbocycles. The fourth-order valence-electron chi connectivity index (χ4n) is 2.96. The molecular weight excluding hydrogens is 294 g/mol. The Labute approximate surface area is 127 Å². The molecule has 2 atom stereocenters. The number of thioether (sulfide) groups is 1. The summed E-state index contributed by atoms with van der Waals surface area (Å²) in [6, 6.07) is 0. The summed E-state index contributed by atoms with van der Waals surface area (Å²) in [6.45, 7) is 2.78. The van der Waals surface area contributed by atoms with E-state index in [4.69, 9.17) is 0 Å². The summed E-state index contributed by atoms with van der Waals surface area (Å²) in [4.78, 5) is 0. The highest BCUT2D eigenvalue weighted by Gasteiger charge is 2.29. The van der Waals surface area contributed by atoms with Crippen molar-refractivity contribution < 1.29 is 8.42 Å². The maximum Gasteiger partial charge on any atom is 0.279 e. The van der Waals surface area contributed by atoms with Crippen molar-refractivity contribution in [3.8, 4) is 0 Å². The SMILES string of the molecule is CNCC1CCCN(S(=O)(=O)NCC2CCCCS2)C1. The molecule has 0 aromatic carbocycles. The maximum absolute atomic E-state index is 12.4. The van der Waals surface area contributed by atoms with Crippen molar-refractivity contribution in [3.63, 3.8) is 0 Å². The predicted molar refractivity (Wildman–Crippen MR) is 85.2 cm³/mol. The van der Waals surface area contributed by atoms with Gasteiger partial charge in [0.2, 0.25) is 0 Å². The van der Waals surface area contributed by atoms with Gasteiger partial charge in [-0.1, -0.05) is 6.42 Å². The molecular formula is C13H27N3O2S2. The third-order valence-corrected chi connectivity index (χ3v) is 7.02. The maximum atomic E-state index is 12.4. The van der Waals surface area contributed by atoms with Crippen LogP contribution in [0, 0.1) is 5.92 Å². The molecule has 0 saturated carbocycles. The first-order valence-corrected chi connectivity index (χ1v) is 10.1. The highest BCUT2D eigenvalue weighted by molar-refractivity contribution is 8.00. The average molecular weight is 322 g/mol. The van der Waals surface area contributed by atoms with Gasteiger partial charge in [-0.15, -0.1) is 0 Å². The number of hydrogen-bond donors (Lipinski definition) is 2. The molecule has 2 saturated heterocycles. The molecule has 2 N–H and O–H groups in total. The number of rotatable bonds is 6. The monoisotopic (exact) mass is 321 g/mol. The van der Waals surface area contributed by atoms with E-state index in [-0.39, 0.29) is 0 Å². The summed E-state index contributed by atoms with van der Waals surface area (Å²) >= 11 is 1.90. The molecule has 0 radical (unpaired) electrons. The Hall–Kier alpha value is 0.180. The van der Waals surface area contributed by atoms with Gasteiger partial charge in [-0.05, 0) is 50.9 Å². The second-order valence-electron chi connectivity index (χ2n) is 5.77. The second kappa shape index (κ2) is 7.98. The number of nitrogens with one attached hydrogen (secondary N) is 2. The Bertz CT molecular complexity index is 381. The van der Waals surface area contributed by atoms with Crippen LogP contribution in [0.15, 0.2) is 0 Å². The first-order valence-electron chi connectivity index (χ1n) is 7.63. The minimum atomic E-state index is -3.29. The van der Waals surface area contributed by atoms with Crippen molar-refractivity contribution >= 4 is 22.0 Å². The third-order valence-electron chi connectivity index (χ3n) is 4.08. The molecule has 2 fully saturated rings. The molecule has 7 heteroatoms. The van der Waals surface area contributed by atoms with Crippen LogP contribution < -0.4 is 10.0 Å². The van der Waals surface area contributed by atoms with Gasteiger partial charge in [-0.25, -0.2) is 4.72 Å². The van der Waals surface area contributed by atoms with Gasteiger partial charge in [0.1, 0.15) is 0 Å². The largest absolute Gasteiger partial charge is 0.319 e. The Morgan fingerprint density at radius 1 is 1.20 bits per heavy atom. The molecule has 2 aliphatic rings. The fourth-order valence-corrected chi connectivity index (χ4v) is 5.67. The van der Waals surface area contributed by atoms with Gasteiger partial charge in [0.05, 0.1) is 0 Å². The van der Waals surface area contributed by atoms with Crippen molar-refractivity contribution in [2.45, 2.75) is 37.4 Å². The van der Waals surface area contributed by atoms with Gasteiger partial charge in [-0.2, -0.15) is 24.5 Å². The zero-order valence-electron chi connectivity index (χ0n) is 12.3. The van der Waals surface area contributed by atoms with Crippen LogP contribution in [0.4, 0.5) is 0 Å². The van der Waals surface area contributed by atoms with Crippen LogP contribution in [-0.2, 0) is 10.2 Å². The minimum absolute atomic E-state index is 0.439. The zero-order valence-corrected chi connectivity index (χ0v) is 13.9. The Kier molecular flexibility index (Phi) is 6.61. The van der Waals surface area contributed by atoms with E-state index in [1.165, 1.54) is 18.6 Å². The third kappa shape index (κ3) is 4.87. The minimum Gasteiger partial charge on any atom is -0.319 e. The molecule has 118 valence electrons.